The quantitative estimate of drug-likeness (QED) is 0.880. The van der Waals surface area contributed by atoms with E-state index in [9.17, 15) is 4.79 Å². The van der Waals surface area contributed by atoms with Gasteiger partial charge in [0.25, 0.3) is 5.91 Å². The Morgan fingerprint density at radius 1 is 1.00 bits per heavy atom. The van der Waals surface area contributed by atoms with Gasteiger partial charge in [0.05, 0.1) is 17.8 Å². The lowest BCUT2D eigenvalue weighted by Crippen LogP contribution is -2.21. The lowest BCUT2D eigenvalue weighted by Gasteiger charge is -2.33. The number of aromatic nitrogens is 1. The molecular weight excluding hydrogens is 324 g/mol. The number of carbonyl (C=O) groups excluding carboxylic acids is 1. The summed E-state index contributed by atoms with van der Waals surface area (Å²) in [5.74, 6) is 4.65. The molecule has 1 amide bonds. The van der Waals surface area contributed by atoms with Gasteiger partial charge in [0, 0.05) is 6.07 Å². The Kier molecular flexibility index (Phi) is 4.07. The van der Waals surface area contributed by atoms with E-state index >= 15 is 0 Å². The van der Waals surface area contributed by atoms with Crippen LogP contribution >= 0.6 is 0 Å². The fourth-order valence-electron chi connectivity index (χ4n) is 5.03. The highest BCUT2D eigenvalue weighted by molar-refractivity contribution is 5.97. The second-order valence-corrected chi connectivity index (χ2v) is 8.29. The summed E-state index contributed by atoms with van der Waals surface area (Å²) in [6.07, 6.45) is 16.5. The molecule has 2 saturated carbocycles. The molecule has 1 aromatic rings. The van der Waals surface area contributed by atoms with Crippen LogP contribution in [0.4, 0.5) is 0 Å². The van der Waals surface area contributed by atoms with Gasteiger partial charge in [-0.05, 0) is 67.6 Å². The molecule has 0 spiro atoms. The molecule has 4 heteroatoms. The number of allylic oxidation sites excluding steroid dienone is 3. The summed E-state index contributed by atoms with van der Waals surface area (Å²) in [4.78, 5) is 16.1. The van der Waals surface area contributed by atoms with Gasteiger partial charge in [-0.3, -0.25) is 4.79 Å². The summed E-state index contributed by atoms with van der Waals surface area (Å²) in [6.45, 7) is 0.494. The van der Waals surface area contributed by atoms with Crippen molar-refractivity contribution in [1.29, 1.82) is 0 Å². The Labute approximate surface area is 154 Å². The van der Waals surface area contributed by atoms with Crippen LogP contribution in [0.1, 0.15) is 61.0 Å². The lowest BCUT2D eigenvalue weighted by atomic mass is 9.73. The highest BCUT2D eigenvalue weighted by Gasteiger charge is 2.33. The second kappa shape index (κ2) is 6.57. The third kappa shape index (κ3) is 2.95. The van der Waals surface area contributed by atoms with Crippen LogP contribution in [0.2, 0.25) is 0 Å². The van der Waals surface area contributed by atoms with Crippen molar-refractivity contribution in [1.82, 2.24) is 10.3 Å². The van der Waals surface area contributed by atoms with Gasteiger partial charge >= 0.3 is 0 Å². The molecular formula is C22H26N2O2. The van der Waals surface area contributed by atoms with Crippen LogP contribution in [0.3, 0.4) is 0 Å². The Morgan fingerprint density at radius 2 is 1.81 bits per heavy atom. The molecule has 5 rings (SSSR count). The molecule has 4 aliphatic rings. The number of hydrogen-bond acceptors (Lipinski definition) is 3. The summed E-state index contributed by atoms with van der Waals surface area (Å²) in [7, 11) is 0. The number of rotatable bonds is 3. The minimum absolute atomic E-state index is 0.0434. The molecule has 0 radical (unpaired) electrons. The SMILES string of the molecule is O=C1NCc2nc(OC3=CC4CCC(C5CCC5)CCC4C=C3)ccc21. The van der Waals surface area contributed by atoms with Crippen LogP contribution in [-0.4, -0.2) is 10.9 Å². The molecule has 136 valence electrons. The first-order chi connectivity index (χ1) is 12.8. The van der Waals surface area contributed by atoms with Crippen LogP contribution in [0.25, 0.3) is 0 Å². The van der Waals surface area contributed by atoms with E-state index in [1.807, 2.05) is 6.07 Å². The van der Waals surface area contributed by atoms with Gasteiger partial charge in [0.1, 0.15) is 5.76 Å². The zero-order valence-corrected chi connectivity index (χ0v) is 15.1. The smallest absolute Gasteiger partial charge is 0.253 e. The maximum atomic E-state index is 11.6. The van der Waals surface area contributed by atoms with Gasteiger partial charge in [0.15, 0.2) is 0 Å². The Bertz CT molecular complexity index is 778. The highest BCUT2D eigenvalue weighted by Crippen LogP contribution is 2.44. The van der Waals surface area contributed by atoms with E-state index in [1.54, 1.807) is 6.07 Å². The summed E-state index contributed by atoms with van der Waals surface area (Å²) in [6, 6.07) is 3.61. The van der Waals surface area contributed by atoms with Crippen LogP contribution in [0.5, 0.6) is 5.88 Å². The van der Waals surface area contributed by atoms with Crippen molar-refractivity contribution in [2.45, 2.75) is 51.5 Å². The number of ether oxygens (including phenoxy) is 1. The van der Waals surface area contributed by atoms with Crippen LogP contribution in [0, 0.1) is 23.7 Å². The third-order valence-corrected chi connectivity index (χ3v) is 6.83. The van der Waals surface area contributed by atoms with E-state index in [4.69, 9.17) is 4.74 Å². The maximum absolute atomic E-state index is 11.6. The van der Waals surface area contributed by atoms with Gasteiger partial charge in [-0.1, -0.05) is 25.3 Å². The maximum Gasteiger partial charge on any atom is 0.253 e. The first-order valence-corrected chi connectivity index (χ1v) is 10.1. The van der Waals surface area contributed by atoms with Crippen molar-refractivity contribution in [3.8, 4) is 5.88 Å². The molecule has 3 unspecified atom stereocenters. The average Bonchev–Trinajstić information content (AvgIpc) is 2.84. The van der Waals surface area contributed by atoms with Crippen LogP contribution < -0.4 is 10.1 Å². The van der Waals surface area contributed by atoms with E-state index in [-0.39, 0.29) is 5.91 Å². The van der Waals surface area contributed by atoms with E-state index in [0.29, 0.717) is 29.8 Å². The van der Waals surface area contributed by atoms with Crippen molar-refractivity contribution in [2.75, 3.05) is 0 Å². The number of nitrogens with one attached hydrogen (secondary N) is 1. The summed E-state index contributed by atoms with van der Waals surface area (Å²) >= 11 is 0. The Morgan fingerprint density at radius 3 is 2.62 bits per heavy atom. The number of nitrogens with zero attached hydrogens (tertiary/aromatic N) is 1. The molecule has 3 aliphatic carbocycles. The Hall–Kier alpha value is -2.10. The predicted octanol–water partition coefficient (Wildman–Crippen LogP) is 4.38. The summed E-state index contributed by atoms with van der Waals surface area (Å²) in [5.41, 5.74) is 1.44. The average molecular weight is 350 g/mol. The zero-order chi connectivity index (χ0) is 17.5. The Balaban J connectivity index is 1.28. The van der Waals surface area contributed by atoms with Crippen molar-refractivity contribution >= 4 is 5.91 Å². The van der Waals surface area contributed by atoms with Crippen molar-refractivity contribution in [3.63, 3.8) is 0 Å². The monoisotopic (exact) mass is 350 g/mol. The van der Waals surface area contributed by atoms with E-state index in [1.165, 1.54) is 44.9 Å². The van der Waals surface area contributed by atoms with Crippen LogP contribution in [0.15, 0.2) is 36.1 Å². The molecule has 0 bridgehead atoms. The van der Waals surface area contributed by atoms with Gasteiger partial charge in [-0.2, -0.15) is 0 Å². The fourth-order valence-corrected chi connectivity index (χ4v) is 5.03. The molecule has 1 aromatic heterocycles. The summed E-state index contributed by atoms with van der Waals surface area (Å²) < 4.78 is 6.04. The van der Waals surface area contributed by atoms with Gasteiger partial charge < -0.3 is 10.1 Å². The first-order valence-electron chi connectivity index (χ1n) is 10.1. The molecule has 3 atom stereocenters. The third-order valence-electron chi connectivity index (χ3n) is 6.83. The first kappa shape index (κ1) is 16.1. The number of amides is 1. The fraction of sp³-hybridized carbons (Fsp3) is 0.545. The minimum atomic E-state index is -0.0434. The van der Waals surface area contributed by atoms with E-state index in [0.717, 1.165) is 23.3 Å². The molecule has 1 N–H and O–H groups in total. The van der Waals surface area contributed by atoms with E-state index < -0.39 is 0 Å². The normalized spacial score (nSPS) is 30.5. The molecule has 4 nitrogen and oxygen atoms in total. The van der Waals surface area contributed by atoms with Gasteiger partial charge in [-0.15, -0.1) is 0 Å². The number of fused-ring (bicyclic) bond motifs is 2. The minimum Gasteiger partial charge on any atom is -0.439 e. The number of carbonyl (C=O) groups is 1. The highest BCUT2D eigenvalue weighted by atomic mass is 16.5. The van der Waals surface area contributed by atoms with E-state index in [2.05, 4.69) is 28.5 Å². The number of hydrogen-bond donors (Lipinski definition) is 1. The summed E-state index contributed by atoms with van der Waals surface area (Å²) in [5, 5.41) is 2.80. The largest absolute Gasteiger partial charge is 0.439 e. The molecule has 2 fully saturated rings. The topological polar surface area (TPSA) is 51.2 Å². The predicted molar refractivity (Wildman–Crippen MR) is 99.5 cm³/mol. The second-order valence-electron chi connectivity index (χ2n) is 8.29. The van der Waals surface area contributed by atoms with Gasteiger partial charge in [-0.25, -0.2) is 4.98 Å². The lowest BCUT2D eigenvalue weighted by molar-refractivity contribution is 0.0966. The van der Waals surface area contributed by atoms with Crippen molar-refractivity contribution in [2.24, 2.45) is 23.7 Å². The standard InChI is InChI=1S/C22H26N2O2/c25-22-19-10-11-21(24-20(19)13-23-22)26-18-9-8-16-5-4-15(14-2-1-3-14)6-7-17(16)12-18/h8-12,14-17H,1-7,13H2,(H,23,25). The van der Waals surface area contributed by atoms with Crippen LogP contribution in [-0.2, 0) is 6.54 Å². The molecule has 0 aromatic carbocycles. The molecule has 1 aliphatic heterocycles. The molecule has 26 heavy (non-hydrogen) atoms. The zero-order valence-electron chi connectivity index (χ0n) is 15.1. The van der Waals surface area contributed by atoms with Gasteiger partial charge in [0.2, 0.25) is 5.88 Å². The van der Waals surface area contributed by atoms with Crippen molar-refractivity contribution < 1.29 is 9.53 Å². The molecule has 2 heterocycles. The number of pyridine rings is 1. The van der Waals surface area contributed by atoms with Crippen molar-refractivity contribution in [3.05, 3.63) is 47.4 Å². The molecule has 0 saturated heterocycles.